The van der Waals surface area contributed by atoms with Crippen molar-refractivity contribution in [1.29, 1.82) is 0 Å². The second-order valence-electron chi connectivity index (χ2n) is 5.78. The minimum absolute atomic E-state index is 0.0131. The van der Waals surface area contributed by atoms with Gasteiger partial charge in [-0.05, 0) is 31.1 Å². The fraction of sp³-hybridized carbons (Fsp3) is 0.846. The van der Waals surface area contributed by atoms with Gasteiger partial charge in [-0.1, -0.05) is 20.8 Å². The Balaban J connectivity index is 2.19. The first-order chi connectivity index (χ1) is 8.00. The molecule has 96 valence electrons. The van der Waals surface area contributed by atoms with Crippen LogP contribution < -0.4 is 5.32 Å². The smallest absolute Gasteiger partial charge is 0.243 e. The SMILES string of the molecule is CC1CCC(N2C(=O)CNC(=O)C2C(C)C)C1. The van der Waals surface area contributed by atoms with Crippen LogP contribution in [0.4, 0.5) is 0 Å². The van der Waals surface area contributed by atoms with Gasteiger partial charge in [0.1, 0.15) is 6.04 Å². The average Bonchev–Trinajstić information content (AvgIpc) is 2.67. The molecule has 0 spiro atoms. The minimum Gasteiger partial charge on any atom is -0.345 e. The van der Waals surface area contributed by atoms with Crippen molar-refractivity contribution in [3.05, 3.63) is 0 Å². The molecule has 1 saturated carbocycles. The number of hydrogen-bond acceptors (Lipinski definition) is 2. The van der Waals surface area contributed by atoms with E-state index in [0.29, 0.717) is 5.92 Å². The highest BCUT2D eigenvalue weighted by Crippen LogP contribution is 2.32. The maximum absolute atomic E-state index is 12.1. The molecule has 3 unspecified atom stereocenters. The van der Waals surface area contributed by atoms with Crippen LogP contribution in [0.5, 0.6) is 0 Å². The third-order valence-electron chi connectivity index (χ3n) is 3.96. The highest BCUT2D eigenvalue weighted by molar-refractivity contribution is 5.95. The molecule has 0 aromatic carbocycles. The van der Waals surface area contributed by atoms with Crippen LogP contribution in [0.1, 0.15) is 40.0 Å². The molecule has 3 atom stereocenters. The first-order valence-corrected chi connectivity index (χ1v) is 6.59. The topological polar surface area (TPSA) is 49.4 Å². The summed E-state index contributed by atoms with van der Waals surface area (Å²) in [4.78, 5) is 25.9. The molecule has 0 aromatic heterocycles. The van der Waals surface area contributed by atoms with E-state index in [1.165, 1.54) is 6.42 Å². The summed E-state index contributed by atoms with van der Waals surface area (Å²) in [6.07, 6.45) is 3.26. The second kappa shape index (κ2) is 4.67. The molecular formula is C13H22N2O2. The van der Waals surface area contributed by atoms with Crippen molar-refractivity contribution in [2.75, 3.05) is 6.54 Å². The summed E-state index contributed by atoms with van der Waals surface area (Å²) in [5, 5.41) is 2.70. The molecule has 1 aliphatic carbocycles. The summed E-state index contributed by atoms with van der Waals surface area (Å²) in [6, 6.07) is 0.00231. The van der Waals surface area contributed by atoms with Gasteiger partial charge in [-0.2, -0.15) is 0 Å². The number of nitrogens with one attached hydrogen (secondary N) is 1. The third kappa shape index (κ3) is 2.31. The summed E-state index contributed by atoms with van der Waals surface area (Å²) >= 11 is 0. The summed E-state index contributed by atoms with van der Waals surface area (Å²) in [6.45, 7) is 6.41. The van der Waals surface area contributed by atoms with E-state index in [1.807, 2.05) is 18.7 Å². The molecule has 4 nitrogen and oxygen atoms in total. The van der Waals surface area contributed by atoms with Gasteiger partial charge in [0.25, 0.3) is 0 Å². The van der Waals surface area contributed by atoms with Crippen LogP contribution in [0, 0.1) is 11.8 Å². The Morgan fingerprint density at radius 1 is 1.29 bits per heavy atom. The van der Waals surface area contributed by atoms with E-state index in [9.17, 15) is 9.59 Å². The number of carbonyl (C=O) groups excluding carboxylic acids is 2. The summed E-state index contributed by atoms with van der Waals surface area (Å²) in [5.41, 5.74) is 0. The van der Waals surface area contributed by atoms with Crippen LogP contribution >= 0.6 is 0 Å². The van der Waals surface area contributed by atoms with Crippen molar-refractivity contribution >= 4 is 11.8 Å². The number of hydrogen-bond donors (Lipinski definition) is 1. The van der Waals surface area contributed by atoms with E-state index in [-0.39, 0.29) is 36.4 Å². The van der Waals surface area contributed by atoms with Crippen LogP contribution in [0.15, 0.2) is 0 Å². The highest BCUT2D eigenvalue weighted by Gasteiger charge is 2.42. The second-order valence-corrected chi connectivity index (χ2v) is 5.78. The van der Waals surface area contributed by atoms with Gasteiger partial charge in [0.2, 0.25) is 11.8 Å². The molecule has 2 fully saturated rings. The highest BCUT2D eigenvalue weighted by atomic mass is 16.2. The van der Waals surface area contributed by atoms with E-state index in [4.69, 9.17) is 0 Å². The molecule has 4 heteroatoms. The van der Waals surface area contributed by atoms with Crippen LogP contribution in [0.2, 0.25) is 0 Å². The average molecular weight is 238 g/mol. The maximum atomic E-state index is 12.1. The van der Waals surface area contributed by atoms with E-state index in [1.54, 1.807) is 0 Å². The third-order valence-corrected chi connectivity index (χ3v) is 3.96. The molecule has 2 rings (SSSR count). The molecule has 1 saturated heterocycles. The van der Waals surface area contributed by atoms with E-state index < -0.39 is 0 Å². The van der Waals surface area contributed by atoms with Crippen LogP contribution in [0.3, 0.4) is 0 Å². The molecule has 0 bridgehead atoms. The molecule has 0 radical (unpaired) electrons. The fourth-order valence-corrected chi connectivity index (χ4v) is 3.12. The quantitative estimate of drug-likeness (QED) is 0.784. The molecule has 17 heavy (non-hydrogen) atoms. The number of rotatable bonds is 2. The Bertz CT molecular complexity index is 327. The van der Waals surface area contributed by atoms with Gasteiger partial charge in [-0.3, -0.25) is 9.59 Å². The zero-order valence-corrected chi connectivity index (χ0v) is 10.9. The molecule has 2 amide bonds. The van der Waals surface area contributed by atoms with Crippen molar-refractivity contribution in [3.63, 3.8) is 0 Å². The van der Waals surface area contributed by atoms with Gasteiger partial charge in [0.05, 0.1) is 6.54 Å². The predicted molar refractivity (Wildman–Crippen MR) is 65.3 cm³/mol. The number of piperazine rings is 1. The van der Waals surface area contributed by atoms with Gasteiger partial charge in [0.15, 0.2) is 0 Å². The number of carbonyl (C=O) groups is 2. The monoisotopic (exact) mass is 238 g/mol. The van der Waals surface area contributed by atoms with Crippen LogP contribution in [-0.4, -0.2) is 35.3 Å². The Kier molecular flexibility index (Phi) is 3.40. The van der Waals surface area contributed by atoms with Crippen molar-refractivity contribution < 1.29 is 9.59 Å². The Labute approximate surface area is 103 Å². The van der Waals surface area contributed by atoms with E-state index >= 15 is 0 Å². The lowest BCUT2D eigenvalue weighted by Crippen LogP contribution is -2.62. The lowest BCUT2D eigenvalue weighted by molar-refractivity contribution is -0.150. The Morgan fingerprint density at radius 2 is 2.00 bits per heavy atom. The van der Waals surface area contributed by atoms with E-state index in [2.05, 4.69) is 12.2 Å². The molecular weight excluding hydrogens is 216 g/mol. The first kappa shape index (κ1) is 12.4. The van der Waals surface area contributed by atoms with Gasteiger partial charge in [0, 0.05) is 6.04 Å². The largest absolute Gasteiger partial charge is 0.345 e. The number of nitrogens with zero attached hydrogens (tertiary/aromatic N) is 1. The summed E-state index contributed by atoms with van der Waals surface area (Å²) in [5.74, 6) is 0.947. The van der Waals surface area contributed by atoms with Gasteiger partial charge >= 0.3 is 0 Å². The molecule has 1 aliphatic heterocycles. The van der Waals surface area contributed by atoms with Gasteiger partial charge in [-0.15, -0.1) is 0 Å². The molecule has 1 N–H and O–H groups in total. The minimum atomic E-state index is -0.272. The zero-order valence-electron chi connectivity index (χ0n) is 10.9. The Morgan fingerprint density at radius 3 is 2.53 bits per heavy atom. The number of amides is 2. The lowest BCUT2D eigenvalue weighted by atomic mass is 9.96. The van der Waals surface area contributed by atoms with Crippen molar-refractivity contribution in [3.8, 4) is 0 Å². The Hall–Kier alpha value is -1.06. The van der Waals surface area contributed by atoms with Gasteiger partial charge in [-0.25, -0.2) is 0 Å². The van der Waals surface area contributed by atoms with Gasteiger partial charge < -0.3 is 10.2 Å². The first-order valence-electron chi connectivity index (χ1n) is 6.59. The molecule has 1 heterocycles. The van der Waals surface area contributed by atoms with Crippen molar-refractivity contribution in [1.82, 2.24) is 10.2 Å². The standard InChI is InChI=1S/C13H22N2O2/c1-8(2)12-13(17)14-7-11(16)15(12)10-5-4-9(3)6-10/h8-10,12H,4-7H2,1-3H3,(H,14,17). The predicted octanol–water partition coefficient (Wildman–Crippen LogP) is 1.16. The van der Waals surface area contributed by atoms with Crippen molar-refractivity contribution in [2.45, 2.75) is 52.1 Å². The summed E-state index contributed by atoms with van der Waals surface area (Å²) < 4.78 is 0. The zero-order chi connectivity index (χ0) is 12.6. The summed E-state index contributed by atoms with van der Waals surface area (Å²) in [7, 11) is 0. The van der Waals surface area contributed by atoms with Crippen LogP contribution in [-0.2, 0) is 9.59 Å². The fourth-order valence-electron chi connectivity index (χ4n) is 3.12. The van der Waals surface area contributed by atoms with Crippen molar-refractivity contribution in [2.24, 2.45) is 11.8 Å². The molecule has 0 aromatic rings. The maximum Gasteiger partial charge on any atom is 0.243 e. The molecule has 2 aliphatic rings. The normalized spacial score (nSPS) is 34.4. The van der Waals surface area contributed by atoms with Crippen LogP contribution in [0.25, 0.3) is 0 Å². The van der Waals surface area contributed by atoms with E-state index in [0.717, 1.165) is 12.8 Å². The lowest BCUT2D eigenvalue weighted by Gasteiger charge is -2.41.